The van der Waals surface area contributed by atoms with Gasteiger partial charge in [0.1, 0.15) is 5.82 Å². The maximum Gasteiger partial charge on any atom is 0.122 e. The van der Waals surface area contributed by atoms with Gasteiger partial charge in [0.05, 0.1) is 38.0 Å². The van der Waals surface area contributed by atoms with Crippen molar-refractivity contribution in [1.82, 2.24) is 19.4 Å². The van der Waals surface area contributed by atoms with E-state index in [2.05, 4.69) is 25.6 Å². The normalized spacial score (nSPS) is 18.0. The van der Waals surface area contributed by atoms with Crippen molar-refractivity contribution < 1.29 is 9.15 Å². The summed E-state index contributed by atoms with van der Waals surface area (Å²) in [6.07, 6.45) is 9.27. The highest BCUT2D eigenvalue weighted by Gasteiger charge is 2.23. The van der Waals surface area contributed by atoms with Crippen LogP contribution in [0.1, 0.15) is 17.1 Å². The minimum atomic E-state index is 0.408. The van der Waals surface area contributed by atoms with E-state index in [-0.39, 0.29) is 0 Å². The van der Waals surface area contributed by atoms with Crippen LogP contribution in [-0.2, 0) is 31.0 Å². The van der Waals surface area contributed by atoms with E-state index in [9.17, 15) is 0 Å². The van der Waals surface area contributed by atoms with E-state index < -0.39 is 0 Å². The van der Waals surface area contributed by atoms with Gasteiger partial charge in [-0.05, 0) is 18.2 Å². The first-order chi connectivity index (χ1) is 12.4. The lowest BCUT2D eigenvalue weighted by molar-refractivity contribution is 0.0648. The van der Waals surface area contributed by atoms with Crippen molar-refractivity contribution >= 4 is 0 Å². The number of ether oxygens (including phenoxy) is 1. The Morgan fingerprint density at radius 3 is 3.00 bits per heavy atom. The van der Waals surface area contributed by atoms with Gasteiger partial charge in [-0.15, -0.1) is 0 Å². The molecule has 0 fully saturated rings. The van der Waals surface area contributed by atoms with Gasteiger partial charge in [0.15, 0.2) is 0 Å². The number of hydrogen-bond donors (Lipinski definition) is 0. The lowest BCUT2D eigenvalue weighted by atomic mass is 10.1. The molecule has 4 heterocycles. The Bertz CT molecular complexity index is 770. The smallest absolute Gasteiger partial charge is 0.122 e. The van der Waals surface area contributed by atoms with Gasteiger partial charge in [-0.1, -0.05) is 6.07 Å². The fraction of sp³-hybridized carbons (Fsp3) is 0.368. The molecule has 130 valence electrons. The van der Waals surface area contributed by atoms with E-state index in [1.54, 1.807) is 12.5 Å². The van der Waals surface area contributed by atoms with Crippen molar-refractivity contribution in [3.05, 3.63) is 72.5 Å². The first kappa shape index (κ1) is 16.1. The molecule has 0 spiro atoms. The molecule has 1 aliphatic heterocycles. The summed E-state index contributed by atoms with van der Waals surface area (Å²) in [5, 5.41) is 0. The third-order valence-corrected chi connectivity index (χ3v) is 4.45. The van der Waals surface area contributed by atoms with Gasteiger partial charge in [-0.2, -0.15) is 0 Å². The van der Waals surface area contributed by atoms with Crippen LogP contribution in [0.5, 0.6) is 0 Å². The molecule has 0 saturated carbocycles. The van der Waals surface area contributed by atoms with E-state index in [0.29, 0.717) is 19.1 Å². The predicted molar refractivity (Wildman–Crippen MR) is 92.4 cm³/mol. The molecule has 4 rings (SSSR count). The maximum atomic E-state index is 5.95. The van der Waals surface area contributed by atoms with Crippen molar-refractivity contribution in [3.8, 4) is 0 Å². The molecule has 0 radical (unpaired) electrons. The Morgan fingerprint density at radius 2 is 2.16 bits per heavy atom. The van der Waals surface area contributed by atoms with Gasteiger partial charge in [0, 0.05) is 49.7 Å². The van der Waals surface area contributed by atoms with Crippen molar-refractivity contribution in [2.24, 2.45) is 5.92 Å². The summed E-state index contributed by atoms with van der Waals surface area (Å²) < 4.78 is 13.4. The molecule has 6 nitrogen and oxygen atoms in total. The number of furan rings is 1. The van der Waals surface area contributed by atoms with Gasteiger partial charge in [0.2, 0.25) is 0 Å². The highest BCUT2D eigenvalue weighted by Crippen LogP contribution is 2.18. The molecule has 3 aromatic rings. The molecule has 1 aliphatic rings. The Labute approximate surface area is 147 Å². The highest BCUT2D eigenvalue weighted by molar-refractivity contribution is 5.06. The summed E-state index contributed by atoms with van der Waals surface area (Å²) in [5.74, 6) is 1.52. The average Bonchev–Trinajstić information content (AvgIpc) is 3.25. The molecule has 1 unspecified atom stereocenters. The van der Waals surface area contributed by atoms with E-state index >= 15 is 0 Å². The van der Waals surface area contributed by atoms with E-state index in [0.717, 1.165) is 37.7 Å². The predicted octanol–water partition coefficient (Wildman–Crippen LogP) is 2.72. The molecule has 6 heteroatoms. The molecule has 0 aromatic carbocycles. The van der Waals surface area contributed by atoms with E-state index in [1.165, 1.54) is 5.56 Å². The summed E-state index contributed by atoms with van der Waals surface area (Å²) >= 11 is 0. The first-order valence-electron chi connectivity index (χ1n) is 8.58. The molecule has 0 amide bonds. The van der Waals surface area contributed by atoms with E-state index in [4.69, 9.17) is 9.15 Å². The zero-order valence-electron chi connectivity index (χ0n) is 14.1. The largest absolute Gasteiger partial charge is 0.472 e. The van der Waals surface area contributed by atoms with Gasteiger partial charge in [-0.25, -0.2) is 4.98 Å². The Balaban J connectivity index is 1.40. The Hall–Kier alpha value is -2.44. The third kappa shape index (κ3) is 4.15. The van der Waals surface area contributed by atoms with Gasteiger partial charge in [0.25, 0.3) is 0 Å². The minimum absolute atomic E-state index is 0.408. The van der Waals surface area contributed by atoms with Crippen LogP contribution in [0.3, 0.4) is 0 Å². The minimum Gasteiger partial charge on any atom is -0.472 e. The molecule has 0 N–H and O–H groups in total. The number of imidazole rings is 1. The van der Waals surface area contributed by atoms with Crippen molar-refractivity contribution in [2.75, 3.05) is 13.2 Å². The number of aromatic nitrogens is 3. The first-order valence-corrected chi connectivity index (χ1v) is 8.58. The van der Waals surface area contributed by atoms with Crippen LogP contribution in [-0.4, -0.2) is 32.6 Å². The van der Waals surface area contributed by atoms with Crippen LogP contribution in [0.2, 0.25) is 0 Å². The second-order valence-electron chi connectivity index (χ2n) is 6.50. The van der Waals surface area contributed by atoms with Gasteiger partial charge >= 0.3 is 0 Å². The number of hydrogen-bond acceptors (Lipinski definition) is 5. The summed E-state index contributed by atoms with van der Waals surface area (Å²) in [6.45, 7) is 4.86. The van der Waals surface area contributed by atoms with E-state index in [1.807, 2.05) is 36.7 Å². The summed E-state index contributed by atoms with van der Waals surface area (Å²) in [7, 11) is 0. The Kier molecular flexibility index (Phi) is 4.90. The van der Waals surface area contributed by atoms with Crippen LogP contribution in [0, 0.1) is 5.92 Å². The third-order valence-electron chi connectivity index (χ3n) is 4.45. The van der Waals surface area contributed by atoms with Crippen LogP contribution in [0.15, 0.2) is 59.8 Å². The quantitative estimate of drug-likeness (QED) is 0.692. The fourth-order valence-corrected chi connectivity index (χ4v) is 3.30. The summed E-state index contributed by atoms with van der Waals surface area (Å²) in [6, 6.07) is 7.92. The van der Waals surface area contributed by atoms with Crippen LogP contribution in [0.4, 0.5) is 0 Å². The fourth-order valence-electron chi connectivity index (χ4n) is 3.30. The summed E-state index contributed by atoms with van der Waals surface area (Å²) in [4.78, 5) is 11.2. The lowest BCUT2D eigenvalue weighted by Gasteiger charge is -2.23. The molecule has 0 aliphatic carbocycles. The van der Waals surface area contributed by atoms with Gasteiger partial charge < -0.3 is 13.7 Å². The molecular formula is C19H22N4O2. The number of pyridine rings is 1. The second-order valence-corrected chi connectivity index (χ2v) is 6.50. The average molecular weight is 338 g/mol. The van der Waals surface area contributed by atoms with Crippen molar-refractivity contribution in [1.29, 1.82) is 0 Å². The highest BCUT2D eigenvalue weighted by atomic mass is 16.5. The topological polar surface area (TPSA) is 56.3 Å². The van der Waals surface area contributed by atoms with Crippen molar-refractivity contribution in [3.63, 3.8) is 0 Å². The Morgan fingerprint density at radius 1 is 1.16 bits per heavy atom. The lowest BCUT2D eigenvalue weighted by Crippen LogP contribution is -2.30. The van der Waals surface area contributed by atoms with Crippen LogP contribution in [0.25, 0.3) is 0 Å². The zero-order valence-corrected chi connectivity index (χ0v) is 14.1. The molecule has 0 bridgehead atoms. The summed E-state index contributed by atoms with van der Waals surface area (Å²) in [5.41, 5.74) is 2.16. The van der Waals surface area contributed by atoms with Crippen LogP contribution < -0.4 is 0 Å². The molecule has 1 atom stereocenters. The second kappa shape index (κ2) is 7.63. The van der Waals surface area contributed by atoms with Gasteiger partial charge in [-0.3, -0.25) is 9.88 Å². The number of nitrogens with zero attached hydrogens (tertiary/aromatic N) is 4. The molecular weight excluding hydrogens is 316 g/mol. The molecule has 3 aromatic heterocycles. The molecule has 25 heavy (non-hydrogen) atoms. The van der Waals surface area contributed by atoms with Crippen LogP contribution >= 0.6 is 0 Å². The maximum absolute atomic E-state index is 5.95. The SMILES string of the molecule is c1ccc(COCC2CN(Cc3ccoc3)Cc3nccn3C2)nc1. The van der Waals surface area contributed by atoms with Crippen molar-refractivity contribution in [2.45, 2.75) is 26.2 Å². The zero-order chi connectivity index (χ0) is 16.9. The monoisotopic (exact) mass is 338 g/mol. The molecule has 0 saturated heterocycles. The number of fused-ring (bicyclic) bond motifs is 1. The number of rotatable bonds is 6. The standard InChI is InChI=1S/C19H22N4O2/c1-2-5-20-18(3-1)15-25-14-17-10-22(9-16-4-8-24-13-16)12-19-21-6-7-23(19)11-17/h1-8,13,17H,9-12,14-15H2.